The Morgan fingerprint density at radius 1 is 1.21 bits per heavy atom. The average Bonchev–Trinajstić information content (AvgIpc) is 3.02. The Bertz CT molecular complexity index is 695. The van der Waals surface area contributed by atoms with Crippen molar-refractivity contribution < 1.29 is 23.6 Å². The van der Waals surface area contributed by atoms with Crippen molar-refractivity contribution in [2.75, 3.05) is 20.2 Å². The molecule has 1 amide bonds. The summed E-state index contributed by atoms with van der Waals surface area (Å²) in [7, 11) is 3.06. The number of carbonyl (C=O) groups excluding carboxylic acids is 1. The molecule has 29 heavy (non-hydrogen) atoms. The third kappa shape index (κ3) is 5.88. The van der Waals surface area contributed by atoms with Crippen LogP contribution in [0.5, 0.6) is 5.88 Å². The van der Waals surface area contributed by atoms with E-state index in [-0.39, 0.29) is 6.09 Å². The van der Waals surface area contributed by atoms with Gasteiger partial charge in [-0.15, -0.1) is 0 Å². The molecule has 0 atom stereocenters. The van der Waals surface area contributed by atoms with Gasteiger partial charge in [-0.2, -0.15) is 5.10 Å². The molecule has 1 aliphatic rings. The first-order valence-electron chi connectivity index (χ1n) is 10.2. The monoisotopic (exact) mass is 409 g/mol. The molecule has 0 aromatic carbocycles. The van der Waals surface area contributed by atoms with Gasteiger partial charge in [0.1, 0.15) is 5.60 Å². The number of ether oxygens (including phenoxy) is 2. The smallest absolute Gasteiger partial charge is 0.478 e. The first-order valence-corrected chi connectivity index (χ1v) is 10.2. The van der Waals surface area contributed by atoms with Crippen molar-refractivity contribution in [2.45, 2.75) is 78.1 Å². The molecular weight excluding hydrogens is 373 g/mol. The van der Waals surface area contributed by atoms with E-state index in [1.807, 2.05) is 55.5 Å². The zero-order valence-corrected chi connectivity index (χ0v) is 19.4. The molecular formula is C20H36BN3O5. The molecule has 0 N–H and O–H groups in total. The highest BCUT2D eigenvalue weighted by Gasteiger charge is 2.53. The molecule has 8 nitrogen and oxygen atoms in total. The fraction of sp³-hybridized carbons (Fsp3) is 0.800. The molecule has 1 fully saturated rings. The first kappa shape index (κ1) is 23.5. The molecule has 2 heterocycles. The van der Waals surface area contributed by atoms with Crippen LogP contribution in [-0.2, 0) is 21.1 Å². The number of rotatable bonds is 7. The maximum atomic E-state index is 12.0. The number of unbranched alkanes of at least 4 members (excludes halogenated alkanes) is 1. The molecule has 0 radical (unpaired) electrons. The number of carbonyl (C=O) groups is 1. The van der Waals surface area contributed by atoms with Crippen molar-refractivity contribution in [3.63, 3.8) is 0 Å². The van der Waals surface area contributed by atoms with E-state index >= 15 is 0 Å². The molecule has 9 heteroatoms. The summed E-state index contributed by atoms with van der Waals surface area (Å²) in [5.41, 5.74) is -0.539. The van der Waals surface area contributed by atoms with Crippen LogP contribution >= 0.6 is 0 Å². The van der Waals surface area contributed by atoms with Gasteiger partial charge in [-0.3, -0.25) is 0 Å². The van der Waals surface area contributed by atoms with Crippen LogP contribution in [0, 0.1) is 0 Å². The SMILES string of the molecule is CN(CCCCOc1c(B2OC(C)(C)C(C)(C)O2)cnn1C)C(=O)OC(C)(C)C. The van der Waals surface area contributed by atoms with Crippen LogP contribution in [0.4, 0.5) is 4.79 Å². The summed E-state index contributed by atoms with van der Waals surface area (Å²) in [5, 5.41) is 4.30. The van der Waals surface area contributed by atoms with E-state index in [2.05, 4.69) is 5.10 Å². The fourth-order valence-electron chi connectivity index (χ4n) is 2.80. The lowest BCUT2D eigenvalue weighted by Gasteiger charge is -2.32. The molecule has 0 saturated carbocycles. The molecule has 0 unspecified atom stereocenters. The Morgan fingerprint density at radius 2 is 1.79 bits per heavy atom. The van der Waals surface area contributed by atoms with Crippen molar-refractivity contribution in [1.29, 1.82) is 0 Å². The van der Waals surface area contributed by atoms with Crippen LogP contribution in [0.2, 0.25) is 0 Å². The van der Waals surface area contributed by atoms with Gasteiger partial charge in [0.25, 0.3) is 0 Å². The average molecular weight is 409 g/mol. The predicted octanol–water partition coefficient (Wildman–Crippen LogP) is 2.75. The summed E-state index contributed by atoms with van der Waals surface area (Å²) in [6, 6.07) is 0. The van der Waals surface area contributed by atoms with Gasteiger partial charge in [0.15, 0.2) is 0 Å². The molecule has 0 spiro atoms. The normalized spacial score (nSPS) is 18.0. The number of hydrogen-bond donors (Lipinski definition) is 0. The topological polar surface area (TPSA) is 75.1 Å². The summed E-state index contributed by atoms with van der Waals surface area (Å²) in [6.07, 6.45) is 3.02. The van der Waals surface area contributed by atoms with Gasteiger partial charge < -0.3 is 23.7 Å². The highest BCUT2D eigenvalue weighted by molar-refractivity contribution is 6.63. The third-order valence-electron chi connectivity index (χ3n) is 5.25. The molecule has 1 aliphatic heterocycles. The Kier molecular flexibility index (Phi) is 6.95. The van der Waals surface area contributed by atoms with Gasteiger partial charge in [0, 0.05) is 20.6 Å². The second-order valence-electron chi connectivity index (χ2n) is 9.57. The van der Waals surface area contributed by atoms with E-state index < -0.39 is 23.9 Å². The Labute approximate surface area is 175 Å². The van der Waals surface area contributed by atoms with E-state index in [1.165, 1.54) is 0 Å². The quantitative estimate of drug-likeness (QED) is 0.509. The lowest BCUT2D eigenvalue weighted by Crippen LogP contribution is -2.41. The van der Waals surface area contributed by atoms with E-state index in [4.69, 9.17) is 18.8 Å². The summed E-state index contributed by atoms with van der Waals surface area (Å²) < 4.78 is 25.3. The van der Waals surface area contributed by atoms with Gasteiger partial charge in [0.2, 0.25) is 5.88 Å². The maximum absolute atomic E-state index is 12.0. The number of aromatic nitrogens is 2. The largest absolute Gasteiger partial charge is 0.502 e. The van der Waals surface area contributed by atoms with Gasteiger partial charge >= 0.3 is 13.2 Å². The second kappa shape index (κ2) is 8.56. The molecule has 0 aliphatic carbocycles. The molecule has 164 valence electrons. The predicted molar refractivity (Wildman–Crippen MR) is 113 cm³/mol. The molecule has 2 rings (SSSR count). The van der Waals surface area contributed by atoms with Crippen molar-refractivity contribution >= 4 is 18.7 Å². The lowest BCUT2D eigenvalue weighted by molar-refractivity contribution is 0.00578. The minimum Gasteiger partial charge on any atom is -0.478 e. The zero-order valence-electron chi connectivity index (χ0n) is 19.4. The van der Waals surface area contributed by atoms with Crippen molar-refractivity contribution in [3.05, 3.63) is 6.20 Å². The lowest BCUT2D eigenvalue weighted by atomic mass is 9.81. The first-order chi connectivity index (χ1) is 13.2. The second-order valence-corrected chi connectivity index (χ2v) is 9.57. The summed E-state index contributed by atoms with van der Waals surface area (Å²) in [6.45, 7) is 14.8. The van der Waals surface area contributed by atoms with Crippen molar-refractivity contribution in [2.24, 2.45) is 7.05 Å². The van der Waals surface area contributed by atoms with Crippen LogP contribution in [0.25, 0.3) is 0 Å². The number of amides is 1. The van der Waals surface area contributed by atoms with E-state index in [9.17, 15) is 4.79 Å². The Hall–Kier alpha value is -1.74. The van der Waals surface area contributed by atoms with E-state index in [1.54, 1.807) is 22.8 Å². The van der Waals surface area contributed by atoms with Crippen LogP contribution in [0.1, 0.15) is 61.3 Å². The third-order valence-corrected chi connectivity index (χ3v) is 5.25. The molecule has 1 aromatic heterocycles. The van der Waals surface area contributed by atoms with Crippen LogP contribution in [0.3, 0.4) is 0 Å². The summed E-state index contributed by atoms with van der Waals surface area (Å²) in [5.74, 6) is 0.643. The Balaban J connectivity index is 1.84. The number of nitrogens with zero attached hydrogens (tertiary/aromatic N) is 3. The van der Waals surface area contributed by atoms with Gasteiger partial charge in [-0.25, -0.2) is 9.48 Å². The highest BCUT2D eigenvalue weighted by atomic mass is 16.7. The van der Waals surface area contributed by atoms with E-state index in [0.717, 1.165) is 18.3 Å². The van der Waals surface area contributed by atoms with Crippen LogP contribution in [-0.4, -0.2) is 64.9 Å². The molecule has 1 aromatic rings. The number of aryl methyl sites for hydroxylation is 1. The van der Waals surface area contributed by atoms with Crippen LogP contribution < -0.4 is 10.2 Å². The van der Waals surface area contributed by atoms with Crippen molar-refractivity contribution in [1.82, 2.24) is 14.7 Å². The number of hydrogen-bond acceptors (Lipinski definition) is 6. The highest BCUT2D eigenvalue weighted by Crippen LogP contribution is 2.37. The fourth-order valence-corrected chi connectivity index (χ4v) is 2.80. The van der Waals surface area contributed by atoms with E-state index in [0.29, 0.717) is 19.0 Å². The van der Waals surface area contributed by atoms with Crippen LogP contribution in [0.15, 0.2) is 6.20 Å². The Morgan fingerprint density at radius 3 is 2.34 bits per heavy atom. The molecule has 0 bridgehead atoms. The minimum absolute atomic E-state index is 0.312. The molecule has 1 saturated heterocycles. The van der Waals surface area contributed by atoms with Gasteiger partial charge in [0.05, 0.1) is 29.5 Å². The minimum atomic E-state index is -0.512. The maximum Gasteiger partial charge on any atom is 0.502 e. The standard InChI is InChI=1S/C20H36BN3O5/c1-18(2,3)27-17(25)23(8)12-10-11-13-26-16-15(14-22-24(16)9)21-28-19(4,5)20(6,7)29-21/h14H,10-13H2,1-9H3. The van der Waals surface area contributed by atoms with Crippen molar-refractivity contribution in [3.8, 4) is 5.88 Å². The zero-order chi connectivity index (χ0) is 22.0. The van der Waals surface area contributed by atoms with Gasteiger partial charge in [-0.05, 0) is 61.3 Å². The van der Waals surface area contributed by atoms with Gasteiger partial charge in [-0.1, -0.05) is 0 Å². The summed E-state index contributed by atoms with van der Waals surface area (Å²) >= 11 is 0. The summed E-state index contributed by atoms with van der Waals surface area (Å²) in [4.78, 5) is 13.6.